The number of carbonyl (C=O) groups is 1. The molecule has 1 amide bonds. The molecule has 0 radical (unpaired) electrons. The van der Waals surface area contributed by atoms with Crippen LogP contribution in [-0.4, -0.2) is 47.6 Å². The zero-order valence-corrected chi connectivity index (χ0v) is 12.3. The maximum Gasteiger partial charge on any atom is 0.292 e. The summed E-state index contributed by atoms with van der Waals surface area (Å²) in [5.41, 5.74) is 0.594. The van der Waals surface area contributed by atoms with Crippen LogP contribution in [0.3, 0.4) is 0 Å². The topological polar surface area (TPSA) is 95.7 Å². The summed E-state index contributed by atoms with van der Waals surface area (Å²) >= 11 is 0. The van der Waals surface area contributed by atoms with Crippen LogP contribution in [0.15, 0.2) is 18.2 Å². The Bertz CT molecular complexity index is 505. The Morgan fingerprint density at radius 1 is 1.43 bits per heavy atom. The maximum absolute atomic E-state index is 12.4. The summed E-state index contributed by atoms with van der Waals surface area (Å²) in [6.07, 6.45) is 1.79. The number of nitro groups is 1. The summed E-state index contributed by atoms with van der Waals surface area (Å²) < 4.78 is 0. The summed E-state index contributed by atoms with van der Waals surface area (Å²) in [5.74, 6) is -0.233. The van der Waals surface area contributed by atoms with Gasteiger partial charge in [0.05, 0.1) is 11.5 Å². The smallest absolute Gasteiger partial charge is 0.292 e. The molecule has 1 rings (SSSR count). The molecule has 1 aromatic carbocycles. The third-order valence-electron chi connectivity index (χ3n) is 3.15. The van der Waals surface area contributed by atoms with Gasteiger partial charge in [0.1, 0.15) is 5.69 Å². The number of benzene rings is 1. The SMILES string of the molecule is CCCCN(CCO)C(=O)c1ccc([N+](=O)[O-])c(NC)c1. The van der Waals surface area contributed by atoms with Crippen molar-refractivity contribution in [1.29, 1.82) is 0 Å². The van der Waals surface area contributed by atoms with Crippen LogP contribution in [0.1, 0.15) is 30.1 Å². The minimum absolute atomic E-state index is 0.0729. The fourth-order valence-electron chi connectivity index (χ4n) is 2.00. The largest absolute Gasteiger partial charge is 0.395 e. The highest BCUT2D eigenvalue weighted by molar-refractivity contribution is 5.96. The Hall–Kier alpha value is -2.15. The first-order chi connectivity index (χ1) is 10.0. The van der Waals surface area contributed by atoms with Gasteiger partial charge in [-0.05, 0) is 18.6 Å². The van der Waals surface area contributed by atoms with Crippen LogP contribution in [0, 0.1) is 10.1 Å². The molecule has 0 aromatic heterocycles. The third kappa shape index (κ3) is 4.42. The van der Waals surface area contributed by atoms with E-state index in [1.54, 1.807) is 11.9 Å². The van der Waals surface area contributed by atoms with E-state index in [0.29, 0.717) is 17.8 Å². The summed E-state index contributed by atoms with van der Waals surface area (Å²) in [5, 5.41) is 22.7. The average molecular weight is 295 g/mol. The summed E-state index contributed by atoms with van der Waals surface area (Å²) in [7, 11) is 1.57. The van der Waals surface area contributed by atoms with Crippen molar-refractivity contribution in [3.63, 3.8) is 0 Å². The average Bonchev–Trinajstić information content (AvgIpc) is 2.49. The van der Waals surface area contributed by atoms with Crippen LogP contribution in [0.25, 0.3) is 0 Å². The Balaban J connectivity index is 3.01. The predicted octanol–water partition coefficient (Wildman–Crippen LogP) is 1.87. The monoisotopic (exact) mass is 295 g/mol. The second-order valence-corrected chi connectivity index (χ2v) is 4.61. The van der Waals surface area contributed by atoms with Gasteiger partial charge >= 0.3 is 0 Å². The van der Waals surface area contributed by atoms with Gasteiger partial charge in [-0.25, -0.2) is 0 Å². The molecule has 0 saturated carbocycles. The van der Waals surface area contributed by atoms with Gasteiger partial charge in [-0.2, -0.15) is 0 Å². The number of hydrogen-bond donors (Lipinski definition) is 2. The van der Waals surface area contributed by atoms with E-state index < -0.39 is 4.92 Å². The lowest BCUT2D eigenvalue weighted by Gasteiger charge is -2.21. The van der Waals surface area contributed by atoms with Crippen LogP contribution in [0.2, 0.25) is 0 Å². The van der Waals surface area contributed by atoms with Crippen LogP contribution in [-0.2, 0) is 0 Å². The highest BCUT2D eigenvalue weighted by Gasteiger charge is 2.19. The molecule has 0 bridgehead atoms. The molecule has 7 nitrogen and oxygen atoms in total. The zero-order chi connectivity index (χ0) is 15.8. The van der Waals surface area contributed by atoms with Crippen LogP contribution >= 0.6 is 0 Å². The Labute approximate surface area is 123 Å². The van der Waals surface area contributed by atoms with Gasteiger partial charge in [0.25, 0.3) is 11.6 Å². The molecule has 21 heavy (non-hydrogen) atoms. The van der Waals surface area contributed by atoms with Crippen molar-refractivity contribution in [2.75, 3.05) is 32.1 Å². The summed E-state index contributed by atoms with van der Waals surface area (Å²) in [6, 6.07) is 4.23. The number of carbonyl (C=O) groups excluding carboxylic acids is 1. The molecular weight excluding hydrogens is 274 g/mol. The summed E-state index contributed by atoms with van der Waals surface area (Å²) in [4.78, 5) is 24.3. The van der Waals surface area contributed by atoms with Crippen molar-refractivity contribution in [3.8, 4) is 0 Å². The molecule has 0 aliphatic carbocycles. The fraction of sp³-hybridized carbons (Fsp3) is 0.500. The fourth-order valence-corrected chi connectivity index (χ4v) is 2.00. The standard InChI is InChI=1S/C14H21N3O4/c1-3-4-7-16(8-9-18)14(19)11-5-6-13(17(20)21)12(10-11)15-2/h5-6,10,15,18H,3-4,7-9H2,1-2H3. The lowest BCUT2D eigenvalue weighted by atomic mass is 10.1. The van der Waals surface area contributed by atoms with Gasteiger partial charge in [0.15, 0.2) is 0 Å². The van der Waals surface area contributed by atoms with E-state index in [1.165, 1.54) is 18.2 Å². The maximum atomic E-state index is 12.4. The number of aliphatic hydroxyl groups excluding tert-OH is 1. The molecule has 0 fully saturated rings. The highest BCUT2D eigenvalue weighted by Crippen LogP contribution is 2.25. The van der Waals surface area contributed by atoms with Gasteiger partial charge in [0.2, 0.25) is 0 Å². The molecule has 0 heterocycles. The number of anilines is 1. The van der Waals surface area contributed by atoms with E-state index in [4.69, 9.17) is 5.11 Å². The molecular formula is C14H21N3O4. The van der Waals surface area contributed by atoms with E-state index in [1.807, 2.05) is 6.92 Å². The zero-order valence-electron chi connectivity index (χ0n) is 12.3. The predicted molar refractivity (Wildman–Crippen MR) is 80.5 cm³/mol. The van der Waals surface area contributed by atoms with Gasteiger partial charge < -0.3 is 15.3 Å². The first kappa shape index (κ1) is 16.9. The van der Waals surface area contributed by atoms with Gasteiger partial charge in [0, 0.05) is 31.8 Å². The Morgan fingerprint density at radius 2 is 2.14 bits per heavy atom. The van der Waals surface area contributed by atoms with Crippen molar-refractivity contribution >= 4 is 17.3 Å². The lowest BCUT2D eigenvalue weighted by Crippen LogP contribution is -2.34. The van der Waals surface area contributed by atoms with Crippen molar-refractivity contribution in [2.45, 2.75) is 19.8 Å². The third-order valence-corrected chi connectivity index (χ3v) is 3.15. The van der Waals surface area contributed by atoms with Crippen molar-refractivity contribution in [3.05, 3.63) is 33.9 Å². The Morgan fingerprint density at radius 3 is 2.67 bits per heavy atom. The quantitative estimate of drug-likeness (QED) is 0.564. The van der Waals surface area contributed by atoms with Gasteiger partial charge in [-0.3, -0.25) is 14.9 Å². The van der Waals surface area contributed by atoms with E-state index in [-0.39, 0.29) is 24.7 Å². The molecule has 2 N–H and O–H groups in total. The number of nitrogens with zero attached hydrogens (tertiary/aromatic N) is 2. The van der Waals surface area contributed by atoms with E-state index in [0.717, 1.165) is 12.8 Å². The number of nitrogens with one attached hydrogen (secondary N) is 1. The van der Waals surface area contributed by atoms with E-state index in [2.05, 4.69) is 5.32 Å². The number of amides is 1. The highest BCUT2D eigenvalue weighted by atomic mass is 16.6. The molecule has 1 aromatic rings. The first-order valence-electron chi connectivity index (χ1n) is 6.91. The molecule has 0 aliphatic heterocycles. The Kier molecular flexibility index (Phi) is 6.61. The minimum Gasteiger partial charge on any atom is -0.395 e. The minimum atomic E-state index is -0.497. The normalized spacial score (nSPS) is 10.2. The van der Waals surface area contributed by atoms with Crippen molar-refractivity contribution in [2.24, 2.45) is 0 Å². The second kappa shape index (κ2) is 8.21. The van der Waals surface area contributed by atoms with Crippen molar-refractivity contribution < 1.29 is 14.8 Å². The number of aliphatic hydroxyl groups is 1. The molecule has 0 aliphatic rings. The number of nitro benzene ring substituents is 1. The number of unbranched alkanes of at least 4 members (excludes halogenated alkanes) is 1. The molecule has 0 spiro atoms. The van der Waals surface area contributed by atoms with Gasteiger partial charge in [-0.1, -0.05) is 13.3 Å². The molecule has 0 atom stereocenters. The number of rotatable bonds is 8. The van der Waals surface area contributed by atoms with Crippen LogP contribution in [0.5, 0.6) is 0 Å². The molecule has 0 unspecified atom stereocenters. The first-order valence-corrected chi connectivity index (χ1v) is 6.91. The lowest BCUT2D eigenvalue weighted by molar-refractivity contribution is -0.383. The second-order valence-electron chi connectivity index (χ2n) is 4.61. The van der Waals surface area contributed by atoms with E-state index in [9.17, 15) is 14.9 Å². The van der Waals surface area contributed by atoms with Crippen LogP contribution < -0.4 is 5.32 Å². The molecule has 116 valence electrons. The van der Waals surface area contributed by atoms with Crippen LogP contribution in [0.4, 0.5) is 11.4 Å². The van der Waals surface area contributed by atoms with Gasteiger partial charge in [-0.15, -0.1) is 0 Å². The molecule has 7 heteroatoms. The molecule has 0 saturated heterocycles. The van der Waals surface area contributed by atoms with E-state index >= 15 is 0 Å². The van der Waals surface area contributed by atoms with Crippen molar-refractivity contribution in [1.82, 2.24) is 4.90 Å². The number of hydrogen-bond acceptors (Lipinski definition) is 5. The summed E-state index contributed by atoms with van der Waals surface area (Å²) in [6.45, 7) is 2.72.